The summed E-state index contributed by atoms with van der Waals surface area (Å²) in [4.78, 5) is 27.2. The van der Waals surface area contributed by atoms with Crippen molar-refractivity contribution in [1.29, 1.82) is 0 Å². The number of ether oxygens (including phenoxy) is 2. The molecule has 1 N–H and O–H groups in total. The van der Waals surface area contributed by atoms with Crippen LogP contribution in [0.3, 0.4) is 0 Å². The molecule has 2 aromatic rings. The van der Waals surface area contributed by atoms with E-state index in [9.17, 15) is 9.59 Å². The van der Waals surface area contributed by atoms with Gasteiger partial charge in [0.05, 0.1) is 20.1 Å². The van der Waals surface area contributed by atoms with Crippen LogP contribution in [0.2, 0.25) is 5.02 Å². The van der Waals surface area contributed by atoms with Gasteiger partial charge in [-0.25, -0.2) is 0 Å². The Kier molecular flexibility index (Phi) is 8.96. The van der Waals surface area contributed by atoms with Crippen LogP contribution in [0.5, 0.6) is 5.75 Å². The highest BCUT2D eigenvalue weighted by molar-refractivity contribution is 6.30. The van der Waals surface area contributed by atoms with E-state index in [0.29, 0.717) is 24.7 Å². The van der Waals surface area contributed by atoms with Crippen molar-refractivity contribution in [3.05, 3.63) is 64.7 Å². The molecule has 0 bridgehead atoms. The standard InChI is InChI=1S/C22H27ClN2O4/c1-16(22(27)24-12-13-28-2)25(15-18-6-10-20(29-3)11-7-18)21(26)14-17-4-8-19(23)9-5-17/h4-11,16H,12-15H2,1-3H3,(H,24,27). The van der Waals surface area contributed by atoms with Gasteiger partial charge in [0.25, 0.3) is 0 Å². The van der Waals surface area contributed by atoms with Crippen molar-refractivity contribution < 1.29 is 19.1 Å². The van der Waals surface area contributed by atoms with E-state index >= 15 is 0 Å². The summed E-state index contributed by atoms with van der Waals surface area (Å²) in [6.45, 7) is 2.85. The van der Waals surface area contributed by atoms with Crippen molar-refractivity contribution in [3.63, 3.8) is 0 Å². The second-order valence-electron chi connectivity index (χ2n) is 6.63. The lowest BCUT2D eigenvalue weighted by Gasteiger charge is -2.29. The molecule has 0 radical (unpaired) electrons. The first-order valence-electron chi connectivity index (χ1n) is 9.38. The Labute approximate surface area is 176 Å². The molecule has 2 rings (SSSR count). The molecule has 0 saturated carbocycles. The molecule has 156 valence electrons. The number of nitrogens with zero attached hydrogens (tertiary/aromatic N) is 1. The molecular formula is C22H27ClN2O4. The summed E-state index contributed by atoms with van der Waals surface area (Å²) in [6.07, 6.45) is 0.184. The van der Waals surface area contributed by atoms with Crippen LogP contribution in [0, 0.1) is 0 Å². The number of benzene rings is 2. The van der Waals surface area contributed by atoms with Crippen molar-refractivity contribution in [2.45, 2.75) is 25.9 Å². The number of methoxy groups -OCH3 is 2. The van der Waals surface area contributed by atoms with Crippen LogP contribution >= 0.6 is 11.6 Å². The number of nitrogens with one attached hydrogen (secondary N) is 1. The van der Waals surface area contributed by atoms with Crippen LogP contribution in [-0.4, -0.2) is 50.1 Å². The highest BCUT2D eigenvalue weighted by Crippen LogP contribution is 2.17. The van der Waals surface area contributed by atoms with Crippen LogP contribution in [0.25, 0.3) is 0 Å². The maximum atomic E-state index is 13.1. The van der Waals surface area contributed by atoms with Crippen molar-refractivity contribution in [1.82, 2.24) is 10.2 Å². The average Bonchev–Trinajstić information content (AvgIpc) is 2.73. The second-order valence-corrected chi connectivity index (χ2v) is 7.07. The first-order chi connectivity index (χ1) is 13.9. The first kappa shape index (κ1) is 22.7. The van der Waals surface area contributed by atoms with Gasteiger partial charge in [0, 0.05) is 25.2 Å². The van der Waals surface area contributed by atoms with Gasteiger partial charge < -0.3 is 19.7 Å². The Balaban J connectivity index is 2.16. The van der Waals surface area contributed by atoms with Crippen molar-refractivity contribution in [2.24, 2.45) is 0 Å². The molecule has 7 heteroatoms. The zero-order valence-corrected chi connectivity index (χ0v) is 17.7. The van der Waals surface area contributed by atoms with E-state index in [1.54, 1.807) is 38.2 Å². The fraction of sp³-hybridized carbons (Fsp3) is 0.364. The van der Waals surface area contributed by atoms with Gasteiger partial charge in [0.15, 0.2) is 0 Å². The molecule has 0 aliphatic carbocycles. The van der Waals surface area contributed by atoms with Gasteiger partial charge in [-0.3, -0.25) is 9.59 Å². The summed E-state index contributed by atoms with van der Waals surface area (Å²) in [6, 6.07) is 13.9. The predicted molar refractivity (Wildman–Crippen MR) is 113 cm³/mol. The lowest BCUT2D eigenvalue weighted by Crippen LogP contribution is -2.48. The maximum absolute atomic E-state index is 13.1. The number of halogens is 1. The lowest BCUT2D eigenvalue weighted by atomic mass is 10.1. The topological polar surface area (TPSA) is 67.9 Å². The molecule has 2 amide bonds. The van der Waals surface area contributed by atoms with Gasteiger partial charge >= 0.3 is 0 Å². The highest BCUT2D eigenvalue weighted by Gasteiger charge is 2.26. The van der Waals surface area contributed by atoms with Crippen molar-refractivity contribution in [3.8, 4) is 5.75 Å². The van der Waals surface area contributed by atoms with Gasteiger partial charge in [0.1, 0.15) is 11.8 Å². The third-order valence-electron chi connectivity index (χ3n) is 4.55. The van der Waals surface area contributed by atoms with Gasteiger partial charge in [-0.2, -0.15) is 0 Å². The fourth-order valence-corrected chi connectivity index (χ4v) is 2.94. The summed E-state index contributed by atoms with van der Waals surface area (Å²) in [5.74, 6) is 0.371. The number of hydrogen-bond acceptors (Lipinski definition) is 4. The van der Waals surface area contributed by atoms with Gasteiger partial charge in [-0.05, 0) is 42.3 Å². The Bertz CT molecular complexity index is 793. The Morgan fingerprint density at radius 3 is 2.24 bits per heavy atom. The summed E-state index contributed by atoms with van der Waals surface area (Å²) >= 11 is 5.93. The fourth-order valence-electron chi connectivity index (χ4n) is 2.81. The molecule has 0 heterocycles. The van der Waals surface area contributed by atoms with Gasteiger partial charge in [-0.15, -0.1) is 0 Å². The number of carbonyl (C=O) groups is 2. The normalized spacial score (nSPS) is 11.6. The van der Waals surface area contributed by atoms with Crippen molar-refractivity contribution >= 4 is 23.4 Å². The van der Waals surface area contributed by atoms with Crippen LogP contribution in [0.4, 0.5) is 0 Å². The predicted octanol–water partition coefficient (Wildman–Crippen LogP) is 3.07. The summed E-state index contributed by atoms with van der Waals surface area (Å²) in [5, 5.41) is 3.41. The zero-order valence-electron chi connectivity index (χ0n) is 17.0. The molecule has 1 atom stereocenters. The van der Waals surface area contributed by atoms with Crippen LogP contribution < -0.4 is 10.1 Å². The van der Waals surface area contributed by atoms with Crippen LogP contribution in [0.1, 0.15) is 18.1 Å². The molecule has 0 saturated heterocycles. The van der Waals surface area contributed by atoms with Gasteiger partial charge in [-0.1, -0.05) is 35.9 Å². The minimum atomic E-state index is -0.631. The number of rotatable bonds is 10. The zero-order chi connectivity index (χ0) is 21.2. The molecule has 1 unspecified atom stereocenters. The first-order valence-corrected chi connectivity index (χ1v) is 9.76. The Morgan fingerprint density at radius 1 is 1.03 bits per heavy atom. The molecular weight excluding hydrogens is 392 g/mol. The van der Waals surface area contributed by atoms with E-state index in [0.717, 1.165) is 16.9 Å². The summed E-state index contributed by atoms with van der Waals surface area (Å²) < 4.78 is 10.2. The largest absolute Gasteiger partial charge is 0.497 e. The monoisotopic (exact) mass is 418 g/mol. The molecule has 0 aromatic heterocycles. The third kappa shape index (κ3) is 7.07. The molecule has 2 aromatic carbocycles. The average molecular weight is 419 g/mol. The smallest absolute Gasteiger partial charge is 0.242 e. The Morgan fingerprint density at radius 2 is 1.66 bits per heavy atom. The quantitative estimate of drug-likeness (QED) is 0.602. The second kappa shape index (κ2) is 11.4. The summed E-state index contributed by atoms with van der Waals surface area (Å²) in [5.41, 5.74) is 1.75. The maximum Gasteiger partial charge on any atom is 0.242 e. The van der Waals surface area contributed by atoms with E-state index in [1.807, 2.05) is 36.4 Å². The lowest BCUT2D eigenvalue weighted by molar-refractivity contribution is -0.140. The Hall–Kier alpha value is -2.57. The van der Waals surface area contributed by atoms with Gasteiger partial charge in [0.2, 0.25) is 11.8 Å². The molecule has 29 heavy (non-hydrogen) atoms. The van der Waals surface area contributed by atoms with E-state index in [4.69, 9.17) is 21.1 Å². The number of carbonyl (C=O) groups excluding carboxylic acids is 2. The van der Waals surface area contributed by atoms with Crippen LogP contribution in [-0.2, 0) is 27.3 Å². The number of hydrogen-bond donors (Lipinski definition) is 1. The number of amides is 2. The SMILES string of the molecule is COCCNC(=O)C(C)N(Cc1ccc(OC)cc1)C(=O)Cc1ccc(Cl)cc1. The molecule has 0 aliphatic rings. The van der Waals surface area contributed by atoms with Crippen molar-refractivity contribution in [2.75, 3.05) is 27.4 Å². The summed E-state index contributed by atoms with van der Waals surface area (Å²) in [7, 11) is 3.17. The molecule has 0 spiro atoms. The molecule has 0 fully saturated rings. The van der Waals surface area contributed by atoms with Crippen LogP contribution in [0.15, 0.2) is 48.5 Å². The minimum Gasteiger partial charge on any atom is -0.497 e. The highest BCUT2D eigenvalue weighted by atomic mass is 35.5. The van der Waals surface area contributed by atoms with E-state index in [2.05, 4.69) is 5.32 Å². The molecule has 0 aliphatic heterocycles. The van der Waals surface area contributed by atoms with E-state index in [-0.39, 0.29) is 18.2 Å². The minimum absolute atomic E-state index is 0.141. The molecule has 6 nitrogen and oxygen atoms in total. The van der Waals surface area contributed by atoms with E-state index < -0.39 is 6.04 Å². The third-order valence-corrected chi connectivity index (χ3v) is 4.81. The van der Waals surface area contributed by atoms with E-state index in [1.165, 1.54) is 0 Å².